The van der Waals surface area contributed by atoms with Crippen LogP contribution in [0.1, 0.15) is 15.9 Å². The van der Waals surface area contributed by atoms with Crippen molar-refractivity contribution in [2.75, 3.05) is 5.32 Å². The fraction of sp³-hybridized carbons (Fsp3) is 0.0714. The van der Waals surface area contributed by atoms with Gasteiger partial charge in [-0.15, -0.1) is 0 Å². The third-order valence-electron chi connectivity index (χ3n) is 2.66. The number of amides is 1. The Kier molecular flexibility index (Phi) is 3.85. The normalized spacial score (nSPS) is 10.3. The fourth-order valence-corrected chi connectivity index (χ4v) is 2.09. The molecule has 0 aliphatic rings. The van der Waals surface area contributed by atoms with Gasteiger partial charge < -0.3 is 10.4 Å². The van der Waals surface area contributed by atoms with E-state index in [4.69, 9.17) is 0 Å². The predicted octanol–water partition coefficient (Wildman–Crippen LogP) is 3.85. The summed E-state index contributed by atoms with van der Waals surface area (Å²) in [6, 6.07) is 8.99. The molecule has 0 unspecified atom stereocenters. The first-order valence-electron chi connectivity index (χ1n) is 5.54. The minimum absolute atomic E-state index is 0.116. The number of carbonyl (C=O) groups is 1. The van der Waals surface area contributed by atoms with Gasteiger partial charge >= 0.3 is 0 Å². The summed E-state index contributed by atoms with van der Waals surface area (Å²) in [6.07, 6.45) is 0. The van der Waals surface area contributed by atoms with E-state index in [0.717, 1.165) is 5.56 Å². The maximum atomic E-state index is 13.4. The van der Waals surface area contributed by atoms with Gasteiger partial charge in [0.1, 0.15) is 11.6 Å². The topological polar surface area (TPSA) is 49.3 Å². The molecule has 3 nitrogen and oxygen atoms in total. The molecule has 0 saturated carbocycles. The average Bonchev–Trinajstić information content (AvgIpc) is 2.36. The van der Waals surface area contributed by atoms with Crippen molar-refractivity contribution in [2.45, 2.75) is 6.92 Å². The molecule has 2 rings (SSSR count). The number of nitrogens with one attached hydrogen (secondary N) is 1. The van der Waals surface area contributed by atoms with Crippen LogP contribution in [0.2, 0.25) is 0 Å². The SMILES string of the molecule is Cc1cc(Br)c(F)cc1NC(=O)c1ccccc1O. The first kappa shape index (κ1) is 13.5. The number of hydrogen-bond acceptors (Lipinski definition) is 2. The molecule has 19 heavy (non-hydrogen) atoms. The van der Waals surface area contributed by atoms with E-state index in [2.05, 4.69) is 21.2 Å². The molecule has 2 N–H and O–H groups in total. The Hall–Kier alpha value is -1.88. The van der Waals surface area contributed by atoms with Crippen molar-refractivity contribution in [3.05, 3.63) is 57.8 Å². The molecule has 0 fully saturated rings. The van der Waals surface area contributed by atoms with Gasteiger partial charge in [0.15, 0.2) is 0 Å². The van der Waals surface area contributed by atoms with E-state index in [-0.39, 0.29) is 11.3 Å². The molecule has 2 aromatic rings. The van der Waals surface area contributed by atoms with Crippen molar-refractivity contribution < 1.29 is 14.3 Å². The second kappa shape index (κ2) is 5.40. The van der Waals surface area contributed by atoms with E-state index in [1.54, 1.807) is 25.1 Å². The van der Waals surface area contributed by atoms with Gasteiger partial charge in [-0.2, -0.15) is 0 Å². The van der Waals surface area contributed by atoms with E-state index in [1.807, 2.05) is 0 Å². The first-order valence-corrected chi connectivity index (χ1v) is 6.33. The minimum atomic E-state index is -0.483. The summed E-state index contributed by atoms with van der Waals surface area (Å²) >= 11 is 3.08. The maximum absolute atomic E-state index is 13.4. The van der Waals surface area contributed by atoms with Crippen molar-refractivity contribution in [1.82, 2.24) is 0 Å². The zero-order chi connectivity index (χ0) is 14.0. The molecule has 0 spiro atoms. The van der Waals surface area contributed by atoms with E-state index in [9.17, 15) is 14.3 Å². The Morgan fingerprint density at radius 1 is 1.32 bits per heavy atom. The Bertz CT molecular complexity index is 643. The summed E-state index contributed by atoms with van der Waals surface area (Å²) in [5, 5.41) is 12.2. The smallest absolute Gasteiger partial charge is 0.259 e. The average molecular weight is 324 g/mol. The number of halogens is 2. The lowest BCUT2D eigenvalue weighted by Gasteiger charge is -2.10. The lowest BCUT2D eigenvalue weighted by Crippen LogP contribution is -2.13. The summed E-state index contributed by atoms with van der Waals surface area (Å²) in [4.78, 5) is 12.0. The van der Waals surface area contributed by atoms with Crippen LogP contribution in [0.4, 0.5) is 10.1 Å². The predicted molar refractivity (Wildman–Crippen MR) is 74.9 cm³/mol. The summed E-state index contributed by atoms with van der Waals surface area (Å²) in [6.45, 7) is 1.75. The number of para-hydroxylation sites is 1. The van der Waals surface area contributed by atoms with Crippen LogP contribution in [-0.2, 0) is 0 Å². The van der Waals surface area contributed by atoms with Gasteiger partial charge in [-0.25, -0.2) is 4.39 Å². The van der Waals surface area contributed by atoms with Crippen LogP contribution < -0.4 is 5.32 Å². The number of aryl methyl sites for hydroxylation is 1. The van der Waals surface area contributed by atoms with E-state index >= 15 is 0 Å². The van der Waals surface area contributed by atoms with Crippen LogP contribution >= 0.6 is 15.9 Å². The number of hydrogen-bond donors (Lipinski definition) is 2. The van der Waals surface area contributed by atoms with Gasteiger partial charge in [-0.05, 0) is 52.7 Å². The number of aromatic hydroxyl groups is 1. The fourth-order valence-electron chi connectivity index (χ4n) is 1.64. The van der Waals surface area contributed by atoms with E-state index < -0.39 is 11.7 Å². The second-order valence-electron chi connectivity index (χ2n) is 4.05. The molecule has 5 heteroatoms. The second-order valence-corrected chi connectivity index (χ2v) is 4.91. The molecular formula is C14H11BrFNO2. The molecule has 0 aliphatic carbocycles. The Balaban J connectivity index is 2.30. The lowest BCUT2D eigenvalue weighted by molar-refractivity contribution is 0.102. The quantitative estimate of drug-likeness (QED) is 0.881. The standard InChI is InChI=1S/C14H11BrFNO2/c1-8-6-10(15)11(16)7-12(8)17-14(19)9-4-2-3-5-13(9)18/h2-7,18H,1H3,(H,17,19). The molecule has 0 radical (unpaired) electrons. The largest absolute Gasteiger partial charge is 0.507 e. The number of phenolic OH excluding ortho intramolecular Hbond substituents is 1. The molecule has 0 aliphatic heterocycles. The Morgan fingerprint density at radius 3 is 2.68 bits per heavy atom. The van der Waals surface area contributed by atoms with Gasteiger partial charge in [-0.1, -0.05) is 12.1 Å². The minimum Gasteiger partial charge on any atom is -0.507 e. The Labute approximate surface area is 118 Å². The third kappa shape index (κ3) is 2.93. The lowest BCUT2D eigenvalue weighted by atomic mass is 10.1. The molecule has 0 aromatic heterocycles. The summed E-state index contributed by atoms with van der Waals surface area (Å²) in [7, 11) is 0. The monoisotopic (exact) mass is 323 g/mol. The van der Waals surface area contributed by atoms with Gasteiger partial charge in [0.25, 0.3) is 5.91 Å². The van der Waals surface area contributed by atoms with Crippen LogP contribution in [0.15, 0.2) is 40.9 Å². The molecule has 98 valence electrons. The number of benzene rings is 2. The highest BCUT2D eigenvalue weighted by atomic mass is 79.9. The number of rotatable bonds is 2. The van der Waals surface area contributed by atoms with Gasteiger partial charge in [0.2, 0.25) is 0 Å². The molecule has 0 saturated heterocycles. The van der Waals surface area contributed by atoms with Crippen molar-refractivity contribution in [3.63, 3.8) is 0 Å². The van der Waals surface area contributed by atoms with E-state index in [1.165, 1.54) is 18.2 Å². The van der Waals surface area contributed by atoms with Crippen LogP contribution in [0, 0.1) is 12.7 Å². The summed E-state index contributed by atoms with van der Waals surface area (Å²) < 4.78 is 13.8. The molecule has 1 amide bonds. The molecule has 0 heterocycles. The van der Waals surface area contributed by atoms with Crippen molar-refractivity contribution in [1.29, 1.82) is 0 Å². The van der Waals surface area contributed by atoms with Gasteiger partial charge in [0, 0.05) is 5.69 Å². The summed E-state index contributed by atoms with van der Waals surface area (Å²) in [5.74, 6) is -1.06. The van der Waals surface area contributed by atoms with Crippen molar-refractivity contribution >= 4 is 27.5 Å². The zero-order valence-corrected chi connectivity index (χ0v) is 11.7. The highest BCUT2D eigenvalue weighted by molar-refractivity contribution is 9.10. The zero-order valence-electron chi connectivity index (χ0n) is 10.1. The van der Waals surface area contributed by atoms with E-state index in [0.29, 0.717) is 10.2 Å². The first-order chi connectivity index (χ1) is 8.99. The molecule has 2 aromatic carbocycles. The molecule has 0 atom stereocenters. The number of phenols is 1. The van der Waals surface area contributed by atoms with Crippen LogP contribution in [0.5, 0.6) is 5.75 Å². The third-order valence-corrected chi connectivity index (χ3v) is 3.27. The molecular weight excluding hydrogens is 313 g/mol. The highest BCUT2D eigenvalue weighted by Gasteiger charge is 2.13. The number of carbonyl (C=O) groups excluding carboxylic acids is 1. The van der Waals surface area contributed by atoms with Gasteiger partial charge in [0.05, 0.1) is 10.0 Å². The van der Waals surface area contributed by atoms with Gasteiger partial charge in [-0.3, -0.25) is 4.79 Å². The maximum Gasteiger partial charge on any atom is 0.259 e. The van der Waals surface area contributed by atoms with Crippen LogP contribution in [0.25, 0.3) is 0 Å². The van der Waals surface area contributed by atoms with Crippen molar-refractivity contribution in [3.8, 4) is 5.75 Å². The highest BCUT2D eigenvalue weighted by Crippen LogP contribution is 2.25. The van der Waals surface area contributed by atoms with Crippen LogP contribution in [0.3, 0.4) is 0 Å². The number of anilines is 1. The Morgan fingerprint density at radius 2 is 2.00 bits per heavy atom. The summed E-state index contributed by atoms with van der Waals surface area (Å²) in [5.41, 5.74) is 1.23. The molecule has 0 bridgehead atoms. The van der Waals surface area contributed by atoms with Crippen molar-refractivity contribution in [2.24, 2.45) is 0 Å². The van der Waals surface area contributed by atoms with Crippen LogP contribution in [-0.4, -0.2) is 11.0 Å².